The van der Waals surface area contributed by atoms with Crippen LogP contribution in [0.4, 0.5) is 14.5 Å². The quantitative estimate of drug-likeness (QED) is 0.830. The molecule has 6 heteroatoms. The standard InChI is InChI=1S/C20H22F2N2O2/c1-26-17-6-3-13-2-5-16(10-14(13)11-17)23-9-8-20(25)24-19-12-15(21)4-7-18(19)22/h3-4,6-7,11-12,16,23H,2,5,8-10H2,1H3,(H,24,25)/t16-/m0/s1. The van der Waals surface area contributed by atoms with E-state index in [1.807, 2.05) is 6.07 Å². The van der Waals surface area contributed by atoms with Gasteiger partial charge in [0, 0.05) is 25.1 Å². The van der Waals surface area contributed by atoms with Crippen LogP contribution in [0.25, 0.3) is 0 Å². The second-order valence-corrected chi connectivity index (χ2v) is 6.45. The first-order chi connectivity index (χ1) is 12.5. The number of carbonyl (C=O) groups is 1. The van der Waals surface area contributed by atoms with Crippen LogP contribution in [0.2, 0.25) is 0 Å². The molecular weight excluding hydrogens is 338 g/mol. The Morgan fingerprint density at radius 1 is 1.19 bits per heavy atom. The van der Waals surface area contributed by atoms with Gasteiger partial charge in [-0.05, 0) is 54.7 Å². The van der Waals surface area contributed by atoms with Gasteiger partial charge in [0.15, 0.2) is 0 Å². The van der Waals surface area contributed by atoms with Crippen LogP contribution in [0.3, 0.4) is 0 Å². The lowest BCUT2D eigenvalue weighted by molar-refractivity contribution is -0.116. The highest BCUT2D eigenvalue weighted by Gasteiger charge is 2.19. The van der Waals surface area contributed by atoms with Gasteiger partial charge in [-0.25, -0.2) is 8.78 Å². The second kappa shape index (κ2) is 8.27. The summed E-state index contributed by atoms with van der Waals surface area (Å²) in [4.78, 5) is 11.9. The number of benzene rings is 2. The van der Waals surface area contributed by atoms with Crippen LogP contribution in [-0.4, -0.2) is 25.6 Å². The predicted octanol–water partition coefficient (Wildman–Crippen LogP) is 3.45. The number of hydrogen-bond acceptors (Lipinski definition) is 3. The number of hydrogen-bond donors (Lipinski definition) is 2. The summed E-state index contributed by atoms with van der Waals surface area (Å²) >= 11 is 0. The molecule has 1 aliphatic rings. The monoisotopic (exact) mass is 360 g/mol. The first kappa shape index (κ1) is 18.3. The molecular formula is C20H22F2N2O2. The lowest BCUT2D eigenvalue weighted by Gasteiger charge is -2.26. The van der Waals surface area contributed by atoms with Crippen molar-refractivity contribution in [1.29, 1.82) is 0 Å². The van der Waals surface area contributed by atoms with E-state index >= 15 is 0 Å². The van der Waals surface area contributed by atoms with E-state index in [1.165, 1.54) is 11.1 Å². The molecule has 0 aromatic heterocycles. The molecule has 0 unspecified atom stereocenters. The van der Waals surface area contributed by atoms with Crippen molar-refractivity contribution in [2.45, 2.75) is 31.7 Å². The van der Waals surface area contributed by atoms with Crippen LogP contribution >= 0.6 is 0 Å². The summed E-state index contributed by atoms with van der Waals surface area (Å²) in [5, 5.41) is 5.78. The van der Waals surface area contributed by atoms with Crippen molar-refractivity contribution in [3.63, 3.8) is 0 Å². The summed E-state index contributed by atoms with van der Waals surface area (Å²) in [6.45, 7) is 0.479. The summed E-state index contributed by atoms with van der Waals surface area (Å²) in [7, 11) is 1.65. The van der Waals surface area contributed by atoms with E-state index in [1.54, 1.807) is 7.11 Å². The molecule has 4 nitrogen and oxygen atoms in total. The second-order valence-electron chi connectivity index (χ2n) is 6.45. The lowest BCUT2D eigenvalue weighted by atomic mass is 9.88. The van der Waals surface area contributed by atoms with Crippen LogP contribution in [0.5, 0.6) is 5.75 Å². The van der Waals surface area contributed by atoms with Crippen molar-refractivity contribution in [2.24, 2.45) is 0 Å². The lowest BCUT2D eigenvalue weighted by Crippen LogP contribution is -2.36. The molecule has 3 rings (SSSR count). The van der Waals surface area contributed by atoms with Gasteiger partial charge in [0.05, 0.1) is 12.8 Å². The number of aryl methyl sites for hydroxylation is 1. The summed E-state index contributed by atoms with van der Waals surface area (Å²) in [5.74, 6) is -0.734. The van der Waals surface area contributed by atoms with Crippen molar-refractivity contribution in [3.05, 3.63) is 59.2 Å². The molecule has 0 radical (unpaired) electrons. The Morgan fingerprint density at radius 3 is 2.85 bits per heavy atom. The Kier molecular flexibility index (Phi) is 5.83. The molecule has 26 heavy (non-hydrogen) atoms. The van der Waals surface area contributed by atoms with Crippen LogP contribution < -0.4 is 15.4 Å². The normalized spacial score (nSPS) is 16.0. The van der Waals surface area contributed by atoms with Crippen molar-refractivity contribution in [3.8, 4) is 5.75 Å². The molecule has 2 N–H and O–H groups in total. The van der Waals surface area contributed by atoms with Gasteiger partial charge in [0.2, 0.25) is 5.91 Å². The minimum Gasteiger partial charge on any atom is -0.497 e. The highest BCUT2D eigenvalue weighted by atomic mass is 19.1. The van der Waals surface area contributed by atoms with E-state index in [0.29, 0.717) is 6.54 Å². The minimum atomic E-state index is -0.648. The van der Waals surface area contributed by atoms with Gasteiger partial charge < -0.3 is 15.4 Å². The Morgan fingerprint density at radius 2 is 2.04 bits per heavy atom. The maximum Gasteiger partial charge on any atom is 0.225 e. The topological polar surface area (TPSA) is 50.4 Å². The molecule has 2 aromatic rings. The molecule has 0 heterocycles. The zero-order chi connectivity index (χ0) is 18.5. The molecule has 0 fully saturated rings. The first-order valence-corrected chi connectivity index (χ1v) is 8.69. The third kappa shape index (κ3) is 4.58. The van der Waals surface area contributed by atoms with Crippen molar-refractivity contribution < 1.29 is 18.3 Å². The number of nitrogens with one attached hydrogen (secondary N) is 2. The zero-order valence-corrected chi connectivity index (χ0v) is 14.6. The summed E-state index contributed by atoms with van der Waals surface area (Å²) in [5.41, 5.74) is 2.47. The third-order valence-corrected chi connectivity index (χ3v) is 4.63. The fraction of sp³-hybridized carbons (Fsp3) is 0.350. The van der Waals surface area contributed by atoms with Crippen molar-refractivity contribution in [1.82, 2.24) is 5.32 Å². The van der Waals surface area contributed by atoms with E-state index in [0.717, 1.165) is 43.2 Å². The molecule has 1 atom stereocenters. The number of amides is 1. The van der Waals surface area contributed by atoms with Crippen LogP contribution in [0.1, 0.15) is 24.0 Å². The first-order valence-electron chi connectivity index (χ1n) is 8.69. The molecule has 1 amide bonds. The molecule has 138 valence electrons. The van der Waals surface area contributed by atoms with E-state index in [4.69, 9.17) is 4.74 Å². The van der Waals surface area contributed by atoms with E-state index < -0.39 is 11.6 Å². The molecule has 0 saturated heterocycles. The van der Waals surface area contributed by atoms with Gasteiger partial charge in [0.25, 0.3) is 0 Å². The molecule has 0 spiro atoms. The fourth-order valence-electron chi connectivity index (χ4n) is 3.23. The van der Waals surface area contributed by atoms with Crippen LogP contribution in [-0.2, 0) is 17.6 Å². The number of halogens is 2. The number of anilines is 1. The van der Waals surface area contributed by atoms with E-state index in [-0.39, 0.29) is 24.1 Å². The Hall–Kier alpha value is -2.47. The van der Waals surface area contributed by atoms with Gasteiger partial charge in [-0.2, -0.15) is 0 Å². The van der Waals surface area contributed by atoms with Crippen LogP contribution in [0.15, 0.2) is 36.4 Å². The molecule has 0 saturated carbocycles. The molecule has 0 bridgehead atoms. The zero-order valence-electron chi connectivity index (χ0n) is 14.6. The maximum absolute atomic E-state index is 13.5. The van der Waals surface area contributed by atoms with E-state index in [2.05, 4.69) is 22.8 Å². The average Bonchev–Trinajstić information content (AvgIpc) is 2.64. The SMILES string of the molecule is COc1ccc2c(c1)C[C@@H](NCCC(=O)Nc1cc(F)ccc1F)CC2. The Balaban J connectivity index is 1.47. The van der Waals surface area contributed by atoms with E-state index in [9.17, 15) is 13.6 Å². The maximum atomic E-state index is 13.5. The van der Waals surface area contributed by atoms with Gasteiger partial charge in [-0.15, -0.1) is 0 Å². The fourth-order valence-corrected chi connectivity index (χ4v) is 3.23. The van der Waals surface area contributed by atoms with Gasteiger partial charge >= 0.3 is 0 Å². The number of ether oxygens (including phenoxy) is 1. The summed E-state index contributed by atoms with van der Waals surface area (Å²) < 4.78 is 31.9. The Bertz CT molecular complexity index is 795. The highest BCUT2D eigenvalue weighted by Crippen LogP contribution is 2.25. The number of carbonyl (C=O) groups excluding carboxylic acids is 1. The van der Waals surface area contributed by atoms with Crippen molar-refractivity contribution >= 4 is 11.6 Å². The summed E-state index contributed by atoms with van der Waals surface area (Å²) in [6.07, 6.45) is 3.06. The predicted molar refractivity (Wildman–Crippen MR) is 96.4 cm³/mol. The van der Waals surface area contributed by atoms with Gasteiger partial charge in [0.1, 0.15) is 17.4 Å². The Labute approximate surface area is 151 Å². The number of methoxy groups -OCH3 is 1. The largest absolute Gasteiger partial charge is 0.497 e. The molecule has 0 aliphatic heterocycles. The third-order valence-electron chi connectivity index (χ3n) is 4.63. The smallest absolute Gasteiger partial charge is 0.225 e. The number of rotatable bonds is 6. The van der Waals surface area contributed by atoms with Gasteiger partial charge in [-0.1, -0.05) is 6.07 Å². The summed E-state index contributed by atoms with van der Waals surface area (Å²) in [6, 6.07) is 9.41. The minimum absolute atomic E-state index is 0.131. The highest BCUT2D eigenvalue weighted by molar-refractivity contribution is 5.90. The molecule has 1 aliphatic carbocycles. The van der Waals surface area contributed by atoms with Crippen molar-refractivity contribution in [2.75, 3.05) is 19.0 Å². The van der Waals surface area contributed by atoms with Crippen LogP contribution in [0, 0.1) is 11.6 Å². The van der Waals surface area contributed by atoms with Gasteiger partial charge in [-0.3, -0.25) is 4.79 Å². The number of fused-ring (bicyclic) bond motifs is 1. The average molecular weight is 360 g/mol. The molecule has 2 aromatic carbocycles.